The number of thiophene rings is 1. The zero-order chi connectivity index (χ0) is 21.4. The highest BCUT2D eigenvalue weighted by molar-refractivity contribution is 8.00. The van der Waals surface area contributed by atoms with Crippen LogP contribution >= 0.6 is 23.1 Å². The van der Waals surface area contributed by atoms with Gasteiger partial charge in [-0.3, -0.25) is 9.69 Å². The van der Waals surface area contributed by atoms with Crippen molar-refractivity contribution in [2.75, 3.05) is 32.1 Å². The van der Waals surface area contributed by atoms with Crippen molar-refractivity contribution in [3.05, 3.63) is 52.3 Å². The van der Waals surface area contributed by atoms with Gasteiger partial charge in [0.15, 0.2) is 5.78 Å². The maximum absolute atomic E-state index is 13.0. The topological polar surface area (TPSA) is 71.1 Å². The number of H-pyrrole nitrogens is 1. The average Bonchev–Trinajstić information content (AvgIpc) is 3.33. The van der Waals surface area contributed by atoms with Gasteiger partial charge < -0.3 is 9.72 Å². The Bertz CT molecular complexity index is 1260. The van der Waals surface area contributed by atoms with Gasteiger partial charge in [-0.2, -0.15) is 0 Å². The fourth-order valence-electron chi connectivity index (χ4n) is 3.90. The molecule has 0 atom stereocenters. The number of aromatic nitrogens is 3. The van der Waals surface area contributed by atoms with Crippen molar-refractivity contribution in [3.63, 3.8) is 0 Å². The molecule has 0 radical (unpaired) electrons. The number of aryl methyl sites for hydroxylation is 2. The van der Waals surface area contributed by atoms with Crippen molar-refractivity contribution in [1.82, 2.24) is 19.9 Å². The van der Waals surface area contributed by atoms with Gasteiger partial charge >= 0.3 is 0 Å². The van der Waals surface area contributed by atoms with E-state index in [0.29, 0.717) is 12.3 Å². The Morgan fingerprint density at radius 3 is 2.87 bits per heavy atom. The first-order valence-electron chi connectivity index (χ1n) is 10.4. The number of ether oxygens (including phenoxy) is 1. The molecular formula is C23H24N4O2S2. The summed E-state index contributed by atoms with van der Waals surface area (Å²) < 4.78 is 5.46. The van der Waals surface area contributed by atoms with E-state index in [4.69, 9.17) is 14.7 Å². The average molecular weight is 453 g/mol. The number of thioether (sulfide) groups is 1. The summed E-state index contributed by atoms with van der Waals surface area (Å²) in [6.45, 7) is 8.23. The van der Waals surface area contributed by atoms with E-state index in [9.17, 15) is 4.79 Å². The van der Waals surface area contributed by atoms with Crippen LogP contribution in [0, 0.1) is 13.8 Å². The number of carbonyl (C=O) groups excluding carboxylic acids is 1. The third-order valence-electron chi connectivity index (χ3n) is 5.74. The Morgan fingerprint density at radius 2 is 2.03 bits per heavy atom. The molecule has 1 aliphatic heterocycles. The number of para-hydroxylation sites is 1. The van der Waals surface area contributed by atoms with E-state index < -0.39 is 0 Å². The number of carbonyl (C=O) groups is 1. The van der Waals surface area contributed by atoms with Gasteiger partial charge in [0.05, 0.1) is 25.5 Å². The van der Waals surface area contributed by atoms with Crippen LogP contribution in [-0.4, -0.2) is 57.7 Å². The lowest BCUT2D eigenvalue weighted by molar-refractivity contribution is 0.0330. The molecule has 5 rings (SSSR count). The minimum absolute atomic E-state index is 0.105. The van der Waals surface area contributed by atoms with E-state index in [1.165, 1.54) is 22.2 Å². The van der Waals surface area contributed by atoms with Gasteiger partial charge in [0.1, 0.15) is 15.7 Å². The first kappa shape index (κ1) is 20.6. The Morgan fingerprint density at radius 1 is 1.23 bits per heavy atom. The number of ketones is 1. The van der Waals surface area contributed by atoms with Crippen molar-refractivity contribution in [3.8, 4) is 0 Å². The summed E-state index contributed by atoms with van der Waals surface area (Å²) in [5.74, 6) is 1.27. The second-order valence-corrected chi connectivity index (χ2v) is 9.92. The van der Waals surface area contributed by atoms with Gasteiger partial charge in [0.25, 0.3) is 0 Å². The number of hydrogen-bond donors (Lipinski definition) is 1. The Hall–Kier alpha value is -2.26. The molecule has 1 N–H and O–H groups in total. The highest BCUT2D eigenvalue weighted by Gasteiger charge is 2.19. The summed E-state index contributed by atoms with van der Waals surface area (Å²) in [7, 11) is 0. The second-order valence-electron chi connectivity index (χ2n) is 7.76. The van der Waals surface area contributed by atoms with Gasteiger partial charge in [0.2, 0.25) is 0 Å². The highest BCUT2D eigenvalue weighted by Crippen LogP contribution is 2.35. The molecule has 0 bridgehead atoms. The fourth-order valence-corrected chi connectivity index (χ4v) is 6.00. The molecule has 31 heavy (non-hydrogen) atoms. The van der Waals surface area contributed by atoms with Crippen LogP contribution in [0.15, 0.2) is 35.5 Å². The van der Waals surface area contributed by atoms with Crippen molar-refractivity contribution >= 4 is 50.0 Å². The van der Waals surface area contributed by atoms with Gasteiger partial charge in [-0.25, -0.2) is 9.97 Å². The first-order chi connectivity index (χ1) is 15.1. The Labute approximate surface area is 189 Å². The largest absolute Gasteiger partial charge is 0.379 e. The molecule has 160 valence electrons. The van der Waals surface area contributed by atoms with Crippen LogP contribution in [0.5, 0.6) is 0 Å². The van der Waals surface area contributed by atoms with Crippen molar-refractivity contribution < 1.29 is 9.53 Å². The van der Waals surface area contributed by atoms with Crippen LogP contribution in [0.1, 0.15) is 26.6 Å². The number of hydrogen-bond acceptors (Lipinski definition) is 7. The molecule has 1 fully saturated rings. The number of nitrogens with zero attached hydrogens (tertiary/aromatic N) is 3. The molecule has 0 saturated carbocycles. The van der Waals surface area contributed by atoms with E-state index in [1.807, 2.05) is 30.5 Å². The lowest BCUT2D eigenvalue weighted by Gasteiger charge is -2.25. The quantitative estimate of drug-likeness (QED) is 0.262. The first-order valence-corrected chi connectivity index (χ1v) is 12.2. The van der Waals surface area contributed by atoms with Crippen LogP contribution < -0.4 is 0 Å². The highest BCUT2D eigenvalue weighted by atomic mass is 32.2. The molecule has 4 aromatic rings. The number of benzene rings is 1. The summed E-state index contributed by atoms with van der Waals surface area (Å²) in [5.41, 5.74) is 2.93. The molecule has 4 heterocycles. The molecule has 0 unspecified atom stereocenters. The standard InChI is InChI=1S/C23H24N4O2S2/c1-14-15(2)31-23-21(14)22(25-20(26-23)12-27-7-9-29-10-8-27)30-13-19(28)17-11-24-18-6-4-3-5-16(17)18/h3-6,11,24H,7-10,12-13H2,1-2H3. The Kier molecular flexibility index (Phi) is 5.79. The zero-order valence-corrected chi connectivity index (χ0v) is 19.2. The Balaban J connectivity index is 1.42. The summed E-state index contributed by atoms with van der Waals surface area (Å²) in [6.07, 6.45) is 1.81. The summed E-state index contributed by atoms with van der Waals surface area (Å²) in [4.78, 5) is 30.5. The summed E-state index contributed by atoms with van der Waals surface area (Å²) in [6, 6.07) is 7.91. The van der Waals surface area contributed by atoms with Crippen LogP contribution in [0.25, 0.3) is 21.1 Å². The molecule has 0 spiro atoms. The third-order valence-corrected chi connectivity index (χ3v) is 7.82. The van der Waals surface area contributed by atoms with Gasteiger partial charge in [-0.1, -0.05) is 30.0 Å². The maximum atomic E-state index is 13.0. The monoisotopic (exact) mass is 452 g/mol. The van der Waals surface area contributed by atoms with Gasteiger partial charge in [0, 0.05) is 46.0 Å². The normalized spacial score (nSPS) is 15.2. The summed E-state index contributed by atoms with van der Waals surface area (Å²) >= 11 is 3.22. The maximum Gasteiger partial charge on any atom is 0.175 e. The van der Waals surface area contributed by atoms with Gasteiger partial charge in [-0.15, -0.1) is 11.3 Å². The number of rotatable bonds is 6. The van der Waals surface area contributed by atoms with E-state index in [2.05, 4.69) is 23.7 Å². The summed E-state index contributed by atoms with van der Waals surface area (Å²) in [5, 5.41) is 2.96. The smallest absolute Gasteiger partial charge is 0.175 e. The third kappa shape index (κ3) is 4.13. The number of Topliss-reactive ketones (excluding diaryl/α,β-unsaturated/α-hetero) is 1. The van der Waals surface area contributed by atoms with Crippen LogP contribution in [0.3, 0.4) is 0 Å². The molecule has 3 aromatic heterocycles. The molecule has 8 heteroatoms. The minimum atomic E-state index is 0.105. The molecule has 1 aliphatic rings. The lowest BCUT2D eigenvalue weighted by atomic mass is 10.1. The number of fused-ring (bicyclic) bond motifs is 2. The molecular weight excluding hydrogens is 428 g/mol. The van der Waals surface area contributed by atoms with Crippen molar-refractivity contribution in [2.24, 2.45) is 0 Å². The van der Waals surface area contributed by atoms with Crippen LogP contribution in [0.4, 0.5) is 0 Å². The predicted octanol–water partition coefficient (Wildman–Crippen LogP) is 4.60. The van der Waals surface area contributed by atoms with E-state index in [0.717, 1.165) is 63.8 Å². The molecule has 0 amide bonds. The SMILES string of the molecule is Cc1sc2nc(CN3CCOCC3)nc(SCC(=O)c3c[nH]c4ccccc34)c2c1C. The number of morpholine rings is 1. The predicted molar refractivity (Wildman–Crippen MR) is 126 cm³/mol. The fraction of sp³-hybridized carbons (Fsp3) is 0.348. The number of aromatic amines is 1. The van der Waals surface area contributed by atoms with Crippen molar-refractivity contribution in [2.45, 2.75) is 25.4 Å². The molecule has 1 aromatic carbocycles. The zero-order valence-electron chi connectivity index (χ0n) is 17.6. The molecule has 6 nitrogen and oxygen atoms in total. The van der Waals surface area contributed by atoms with Crippen LogP contribution in [0.2, 0.25) is 0 Å². The number of nitrogens with one attached hydrogen (secondary N) is 1. The minimum Gasteiger partial charge on any atom is -0.379 e. The molecule has 0 aliphatic carbocycles. The van der Waals surface area contributed by atoms with E-state index >= 15 is 0 Å². The second kappa shape index (κ2) is 8.70. The van der Waals surface area contributed by atoms with Crippen LogP contribution in [-0.2, 0) is 11.3 Å². The van der Waals surface area contributed by atoms with Crippen molar-refractivity contribution in [1.29, 1.82) is 0 Å². The van der Waals surface area contributed by atoms with E-state index in [1.54, 1.807) is 11.3 Å². The molecule has 1 saturated heterocycles. The van der Waals surface area contributed by atoms with E-state index in [-0.39, 0.29) is 5.78 Å². The van der Waals surface area contributed by atoms with Gasteiger partial charge in [-0.05, 0) is 25.5 Å². The lowest BCUT2D eigenvalue weighted by Crippen LogP contribution is -2.36.